The highest BCUT2D eigenvalue weighted by molar-refractivity contribution is 5.84. The molecule has 0 unspecified atom stereocenters. The molecule has 1 aliphatic rings. The number of fused-ring (bicyclic) bond motifs is 1. The molecule has 0 amide bonds. The number of benzene rings is 2. The van der Waals surface area contributed by atoms with Crippen LogP contribution in [0, 0.1) is 5.82 Å². The first kappa shape index (κ1) is 14.3. The van der Waals surface area contributed by atoms with Gasteiger partial charge in [-0.15, -0.1) is 0 Å². The standard InChI is InChI=1S/C19H19FN2O/c20-13-6-7-18-15(10-13)17(12-22-18)16-11-19(16)21-8-9-23-14-4-2-1-3-5-14/h1-7,10,12,16,19,21-22H,8-9,11H2/t16-,19+/m0/s1. The molecule has 4 rings (SSSR count). The van der Waals surface area contributed by atoms with E-state index in [-0.39, 0.29) is 5.82 Å². The molecule has 1 fully saturated rings. The van der Waals surface area contributed by atoms with Crippen LogP contribution in [0.15, 0.2) is 54.7 Å². The van der Waals surface area contributed by atoms with E-state index < -0.39 is 0 Å². The van der Waals surface area contributed by atoms with Crippen molar-refractivity contribution in [1.82, 2.24) is 10.3 Å². The summed E-state index contributed by atoms with van der Waals surface area (Å²) >= 11 is 0. The monoisotopic (exact) mass is 310 g/mol. The van der Waals surface area contributed by atoms with Crippen LogP contribution in [0.2, 0.25) is 0 Å². The lowest BCUT2D eigenvalue weighted by Crippen LogP contribution is -2.24. The summed E-state index contributed by atoms with van der Waals surface area (Å²) < 4.78 is 19.1. The van der Waals surface area contributed by atoms with Crippen molar-refractivity contribution in [3.8, 4) is 5.75 Å². The largest absolute Gasteiger partial charge is 0.492 e. The van der Waals surface area contributed by atoms with Crippen molar-refractivity contribution in [3.63, 3.8) is 0 Å². The normalized spacial score (nSPS) is 19.9. The Labute approximate surface area is 134 Å². The molecule has 3 nitrogen and oxygen atoms in total. The summed E-state index contributed by atoms with van der Waals surface area (Å²) in [4.78, 5) is 3.23. The Morgan fingerprint density at radius 3 is 2.91 bits per heavy atom. The number of ether oxygens (including phenoxy) is 1. The maximum atomic E-state index is 13.4. The van der Waals surface area contributed by atoms with E-state index in [9.17, 15) is 4.39 Å². The Bertz CT molecular complexity index is 799. The summed E-state index contributed by atoms with van der Waals surface area (Å²) in [5, 5.41) is 4.51. The zero-order valence-electron chi connectivity index (χ0n) is 12.8. The molecule has 0 aliphatic heterocycles. The number of aromatic amines is 1. The van der Waals surface area contributed by atoms with Crippen molar-refractivity contribution in [2.75, 3.05) is 13.2 Å². The van der Waals surface area contributed by atoms with E-state index >= 15 is 0 Å². The van der Waals surface area contributed by atoms with Crippen LogP contribution in [0.4, 0.5) is 4.39 Å². The zero-order chi connectivity index (χ0) is 15.6. The van der Waals surface area contributed by atoms with Gasteiger partial charge in [0.1, 0.15) is 18.2 Å². The molecule has 2 N–H and O–H groups in total. The van der Waals surface area contributed by atoms with E-state index in [4.69, 9.17) is 4.74 Å². The number of nitrogens with one attached hydrogen (secondary N) is 2. The summed E-state index contributed by atoms with van der Waals surface area (Å²) in [6, 6.07) is 15.2. The van der Waals surface area contributed by atoms with Gasteiger partial charge in [0.25, 0.3) is 0 Å². The Balaban J connectivity index is 1.31. The Hall–Kier alpha value is -2.33. The number of H-pyrrole nitrogens is 1. The van der Waals surface area contributed by atoms with Crippen LogP contribution in [-0.2, 0) is 0 Å². The molecule has 0 saturated heterocycles. The molecule has 1 aliphatic carbocycles. The van der Waals surface area contributed by atoms with Crippen LogP contribution in [0.5, 0.6) is 5.75 Å². The number of para-hydroxylation sites is 1. The van der Waals surface area contributed by atoms with Gasteiger partial charge in [-0.05, 0) is 42.3 Å². The van der Waals surface area contributed by atoms with Crippen LogP contribution in [0.25, 0.3) is 10.9 Å². The minimum Gasteiger partial charge on any atom is -0.492 e. The Kier molecular flexibility index (Phi) is 3.75. The SMILES string of the molecule is Fc1ccc2[nH]cc([C@@H]3C[C@H]3NCCOc3ccccc3)c2c1. The van der Waals surface area contributed by atoms with Crippen LogP contribution in [-0.4, -0.2) is 24.2 Å². The zero-order valence-corrected chi connectivity index (χ0v) is 12.8. The summed E-state index contributed by atoms with van der Waals surface area (Å²) in [6.07, 6.45) is 3.10. The van der Waals surface area contributed by atoms with Gasteiger partial charge in [-0.25, -0.2) is 4.39 Å². The van der Waals surface area contributed by atoms with Gasteiger partial charge < -0.3 is 15.0 Å². The Morgan fingerprint density at radius 2 is 2.04 bits per heavy atom. The molecule has 23 heavy (non-hydrogen) atoms. The lowest BCUT2D eigenvalue weighted by molar-refractivity contribution is 0.313. The van der Waals surface area contributed by atoms with Crippen LogP contribution >= 0.6 is 0 Å². The van der Waals surface area contributed by atoms with Crippen molar-refractivity contribution in [2.24, 2.45) is 0 Å². The van der Waals surface area contributed by atoms with Crippen molar-refractivity contribution >= 4 is 10.9 Å². The van der Waals surface area contributed by atoms with Gasteiger partial charge in [0.2, 0.25) is 0 Å². The van der Waals surface area contributed by atoms with E-state index in [0.717, 1.165) is 29.6 Å². The highest BCUT2D eigenvalue weighted by Crippen LogP contribution is 2.43. The van der Waals surface area contributed by atoms with Crippen molar-refractivity contribution < 1.29 is 9.13 Å². The van der Waals surface area contributed by atoms with Gasteiger partial charge in [-0.3, -0.25) is 0 Å². The number of halogens is 1. The van der Waals surface area contributed by atoms with E-state index in [1.54, 1.807) is 12.1 Å². The first-order chi connectivity index (χ1) is 11.3. The molecule has 118 valence electrons. The molecule has 2 atom stereocenters. The number of hydrogen-bond acceptors (Lipinski definition) is 2. The second-order valence-corrected chi connectivity index (χ2v) is 6.00. The number of aromatic nitrogens is 1. The van der Waals surface area contributed by atoms with Gasteiger partial charge in [0, 0.05) is 35.6 Å². The lowest BCUT2D eigenvalue weighted by Gasteiger charge is -2.07. The molecule has 0 bridgehead atoms. The van der Waals surface area contributed by atoms with Crippen LogP contribution in [0.1, 0.15) is 17.9 Å². The third kappa shape index (κ3) is 3.08. The molecule has 1 saturated carbocycles. The maximum Gasteiger partial charge on any atom is 0.123 e. The molecule has 1 aromatic heterocycles. The van der Waals surface area contributed by atoms with Gasteiger partial charge in [-0.2, -0.15) is 0 Å². The highest BCUT2D eigenvalue weighted by atomic mass is 19.1. The lowest BCUT2D eigenvalue weighted by atomic mass is 10.1. The third-order valence-corrected chi connectivity index (χ3v) is 4.39. The fourth-order valence-electron chi connectivity index (χ4n) is 3.12. The van der Waals surface area contributed by atoms with E-state index in [2.05, 4.69) is 10.3 Å². The molecule has 2 aromatic carbocycles. The van der Waals surface area contributed by atoms with Crippen LogP contribution in [0.3, 0.4) is 0 Å². The third-order valence-electron chi connectivity index (χ3n) is 4.39. The van der Waals surface area contributed by atoms with Gasteiger partial charge >= 0.3 is 0 Å². The summed E-state index contributed by atoms with van der Waals surface area (Å²) in [7, 11) is 0. The number of hydrogen-bond donors (Lipinski definition) is 2. The van der Waals surface area contributed by atoms with E-state index in [1.165, 1.54) is 11.6 Å². The predicted octanol–water partition coefficient (Wildman–Crippen LogP) is 3.83. The van der Waals surface area contributed by atoms with E-state index in [0.29, 0.717) is 18.6 Å². The quantitative estimate of drug-likeness (QED) is 0.679. The van der Waals surface area contributed by atoms with Gasteiger partial charge in [0.15, 0.2) is 0 Å². The molecular formula is C19H19FN2O. The molecule has 3 aromatic rings. The van der Waals surface area contributed by atoms with Crippen LogP contribution < -0.4 is 10.1 Å². The topological polar surface area (TPSA) is 37.0 Å². The highest BCUT2D eigenvalue weighted by Gasteiger charge is 2.39. The fourth-order valence-corrected chi connectivity index (χ4v) is 3.12. The number of rotatable bonds is 6. The van der Waals surface area contributed by atoms with Gasteiger partial charge in [-0.1, -0.05) is 18.2 Å². The minimum atomic E-state index is -0.181. The average molecular weight is 310 g/mol. The average Bonchev–Trinajstić information content (AvgIpc) is 3.22. The van der Waals surface area contributed by atoms with E-state index in [1.807, 2.05) is 36.5 Å². The molecular weight excluding hydrogens is 291 g/mol. The Morgan fingerprint density at radius 1 is 1.17 bits per heavy atom. The van der Waals surface area contributed by atoms with Gasteiger partial charge in [0.05, 0.1) is 0 Å². The molecule has 0 radical (unpaired) electrons. The molecule has 4 heteroatoms. The molecule has 0 spiro atoms. The second-order valence-electron chi connectivity index (χ2n) is 6.00. The van der Waals surface area contributed by atoms with Crippen molar-refractivity contribution in [2.45, 2.75) is 18.4 Å². The summed E-state index contributed by atoms with van der Waals surface area (Å²) in [6.45, 7) is 1.46. The predicted molar refractivity (Wildman–Crippen MR) is 89.3 cm³/mol. The smallest absolute Gasteiger partial charge is 0.123 e. The summed E-state index contributed by atoms with van der Waals surface area (Å²) in [5.41, 5.74) is 2.21. The molecule has 1 heterocycles. The maximum absolute atomic E-state index is 13.4. The fraction of sp³-hybridized carbons (Fsp3) is 0.263. The first-order valence-electron chi connectivity index (χ1n) is 7.99. The van der Waals surface area contributed by atoms with Crippen molar-refractivity contribution in [3.05, 3.63) is 66.1 Å². The van der Waals surface area contributed by atoms with Crippen molar-refractivity contribution in [1.29, 1.82) is 0 Å². The summed E-state index contributed by atoms with van der Waals surface area (Å²) in [5.74, 6) is 1.18. The second kappa shape index (κ2) is 6.05. The minimum absolute atomic E-state index is 0.181. The first-order valence-corrected chi connectivity index (χ1v) is 7.99.